The molecule has 0 aliphatic carbocycles. The number of anilines is 2. The van der Waals surface area contributed by atoms with Crippen LogP contribution in [0.1, 0.15) is 38.2 Å². The van der Waals surface area contributed by atoms with E-state index in [4.69, 9.17) is 19.5 Å². The molecule has 0 aromatic heterocycles. The molecule has 3 aromatic rings. The fraction of sp³-hybridized carbons (Fsp3) is 0.375. The molecule has 0 bridgehead atoms. The Balaban J connectivity index is 1.18. The fourth-order valence-electron chi connectivity index (χ4n) is 5.59. The van der Waals surface area contributed by atoms with Crippen molar-refractivity contribution in [3.8, 4) is 23.3 Å². The van der Waals surface area contributed by atoms with Crippen LogP contribution in [0.15, 0.2) is 66.7 Å². The Hall–Kier alpha value is -4.45. The maximum atomic E-state index is 14.5. The minimum Gasteiger partial charge on any atom is -0.494 e. The molecule has 1 unspecified atom stereocenters. The van der Waals surface area contributed by atoms with Crippen molar-refractivity contribution in [3.05, 3.63) is 78.1 Å². The predicted molar refractivity (Wildman–Crippen MR) is 153 cm³/mol. The first kappa shape index (κ1) is 28.1. The van der Waals surface area contributed by atoms with Crippen molar-refractivity contribution < 1.29 is 28.5 Å². The van der Waals surface area contributed by atoms with Crippen molar-refractivity contribution in [1.82, 2.24) is 0 Å². The maximum absolute atomic E-state index is 14.5. The summed E-state index contributed by atoms with van der Waals surface area (Å²) in [5.74, 6) is 0.963. The van der Waals surface area contributed by atoms with Crippen molar-refractivity contribution in [1.29, 1.82) is 5.26 Å². The van der Waals surface area contributed by atoms with Gasteiger partial charge in [-0.1, -0.05) is 0 Å². The Morgan fingerprint density at radius 1 is 0.976 bits per heavy atom. The van der Waals surface area contributed by atoms with Gasteiger partial charge in [-0.25, -0.2) is 4.39 Å². The molecule has 214 valence electrons. The van der Waals surface area contributed by atoms with E-state index in [1.54, 1.807) is 36.4 Å². The summed E-state index contributed by atoms with van der Waals surface area (Å²) in [6.07, 6.45) is 1.97. The lowest BCUT2D eigenvalue weighted by Gasteiger charge is -2.34. The molecule has 9 heteroatoms. The molecule has 8 nitrogen and oxygen atoms in total. The van der Waals surface area contributed by atoms with Crippen LogP contribution in [-0.4, -0.2) is 55.6 Å². The minimum absolute atomic E-state index is 0.0120. The Morgan fingerprint density at radius 2 is 1.61 bits per heavy atom. The van der Waals surface area contributed by atoms with Gasteiger partial charge in [-0.3, -0.25) is 4.79 Å². The normalized spacial score (nSPS) is 19.0. The van der Waals surface area contributed by atoms with Crippen molar-refractivity contribution in [2.75, 3.05) is 36.0 Å². The molecule has 0 amide bonds. The number of benzene rings is 3. The van der Waals surface area contributed by atoms with Crippen LogP contribution in [0.25, 0.3) is 0 Å². The summed E-state index contributed by atoms with van der Waals surface area (Å²) in [5.41, 5.74) is 2.03. The highest BCUT2D eigenvalue weighted by Crippen LogP contribution is 2.33. The minimum atomic E-state index is -0.852. The quantitative estimate of drug-likeness (QED) is 0.341. The van der Waals surface area contributed by atoms with Crippen LogP contribution in [0.2, 0.25) is 0 Å². The lowest BCUT2D eigenvalue weighted by atomic mass is 10.1. The molecular weight excluding hydrogens is 525 g/mol. The second-order valence-corrected chi connectivity index (χ2v) is 10.4. The van der Waals surface area contributed by atoms with Crippen molar-refractivity contribution >= 4 is 17.3 Å². The highest BCUT2D eigenvalue weighted by Gasteiger charge is 2.35. The number of piperidine rings is 1. The molecule has 2 heterocycles. The standard InChI is InChI=1S/C32H34FN3O5/c1-2-39-28-11-12-30(33)31(19-28)35-15-13-27(14-16-35)40-26-9-5-23(6-10-26)36-21-29(17-24(36)18-32(37)38)41-25-7-3-22(20-34)4-8-25/h3-12,19,24,27,29H,2,13-18,21H2,1H3,(H,37,38)/t24?,29-/m1/s1. The molecule has 2 fully saturated rings. The van der Waals surface area contributed by atoms with Crippen LogP contribution in [0.4, 0.5) is 15.8 Å². The fourth-order valence-corrected chi connectivity index (χ4v) is 5.59. The van der Waals surface area contributed by atoms with Gasteiger partial charge in [0.05, 0.1) is 36.9 Å². The van der Waals surface area contributed by atoms with Gasteiger partial charge in [0.15, 0.2) is 0 Å². The Morgan fingerprint density at radius 3 is 2.24 bits per heavy atom. The third-order valence-electron chi connectivity index (χ3n) is 7.55. The molecule has 5 rings (SSSR count). The third-order valence-corrected chi connectivity index (χ3v) is 7.55. The van der Waals surface area contributed by atoms with E-state index in [-0.39, 0.29) is 30.5 Å². The summed E-state index contributed by atoms with van der Waals surface area (Å²) in [4.78, 5) is 15.7. The zero-order valence-electron chi connectivity index (χ0n) is 23.0. The van der Waals surface area contributed by atoms with Gasteiger partial charge in [0.1, 0.15) is 35.3 Å². The van der Waals surface area contributed by atoms with Crippen LogP contribution in [0.5, 0.6) is 17.2 Å². The second-order valence-electron chi connectivity index (χ2n) is 10.4. The third kappa shape index (κ3) is 7.01. The van der Waals surface area contributed by atoms with Gasteiger partial charge in [0.2, 0.25) is 0 Å². The van der Waals surface area contributed by atoms with Gasteiger partial charge in [-0.05, 0) is 67.6 Å². The van der Waals surface area contributed by atoms with Crippen LogP contribution < -0.4 is 24.0 Å². The number of carboxylic acid groups (broad SMARTS) is 1. The topological polar surface area (TPSA) is 95.3 Å². The summed E-state index contributed by atoms with van der Waals surface area (Å²) in [7, 11) is 0. The van der Waals surface area contributed by atoms with Crippen LogP contribution >= 0.6 is 0 Å². The smallest absolute Gasteiger partial charge is 0.305 e. The first-order valence-electron chi connectivity index (χ1n) is 14.0. The molecule has 2 aliphatic heterocycles. The van der Waals surface area contributed by atoms with E-state index in [1.807, 2.05) is 36.1 Å². The largest absolute Gasteiger partial charge is 0.494 e. The van der Waals surface area contributed by atoms with Gasteiger partial charge >= 0.3 is 5.97 Å². The van der Waals surface area contributed by atoms with E-state index in [9.17, 15) is 14.3 Å². The van der Waals surface area contributed by atoms with Gasteiger partial charge in [-0.2, -0.15) is 5.26 Å². The molecule has 0 spiro atoms. The van der Waals surface area contributed by atoms with E-state index >= 15 is 0 Å². The highest BCUT2D eigenvalue weighted by atomic mass is 19.1. The molecule has 2 saturated heterocycles. The second kappa shape index (κ2) is 12.8. The molecule has 41 heavy (non-hydrogen) atoms. The zero-order valence-corrected chi connectivity index (χ0v) is 23.0. The van der Waals surface area contributed by atoms with Gasteiger partial charge in [0.25, 0.3) is 0 Å². The summed E-state index contributed by atoms with van der Waals surface area (Å²) in [6, 6.07) is 21.4. The molecular formula is C32H34FN3O5. The van der Waals surface area contributed by atoms with Gasteiger partial charge < -0.3 is 29.1 Å². The molecule has 3 aromatic carbocycles. The monoisotopic (exact) mass is 559 g/mol. The zero-order chi connectivity index (χ0) is 28.8. The average molecular weight is 560 g/mol. The number of nitrogens with zero attached hydrogens (tertiary/aromatic N) is 3. The number of rotatable bonds is 10. The summed E-state index contributed by atoms with van der Waals surface area (Å²) >= 11 is 0. The van der Waals surface area contributed by atoms with Crippen molar-refractivity contribution in [3.63, 3.8) is 0 Å². The maximum Gasteiger partial charge on any atom is 0.305 e. The molecule has 1 N–H and O–H groups in total. The van der Waals surface area contributed by atoms with Crippen LogP contribution in [0, 0.1) is 17.1 Å². The number of nitriles is 1. The number of hydrogen-bond acceptors (Lipinski definition) is 7. The summed E-state index contributed by atoms with van der Waals surface area (Å²) in [6.45, 7) is 4.35. The number of carboxylic acids is 1. The lowest BCUT2D eigenvalue weighted by molar-refractivity contribution is -0.137. The van der Waals surface area contributed by atoms with E-state index in [1.165, 1.54) is 6.07 Å². The molecule has 0 radical (unpaired) electrons. The van der Waals surface area contributed by atoms with Crippen molar-refractivity contribution in [2.45, 2.75) is 50.9 Å². The predicted octanol–water partition coefficient (Wildman–Crippen LogP) is 5.64. The van der Waals surface area contributed by atoms with E-state index in [0.29, 0.717) is 55.4 Å². The Kier molecular flexibility index (Phi) is 8.78. The Bertz CT molecular complexity index is 1370. The number of ether oxygens (including phenoxy) is 3. The van der Waals surface area contributed by atoms with Crippen molar-refractivity contribution in [2.24, 2.45) is 0 Å². The lowest BCUT2D eigenvalue weighted by Crippen LogP contribution is -2.38. The van der Waals surface area contributed by atoms with Crippen LogP contribution in [0.3, 0.4) is 0 Å². The number of hydrogen-bond donors (Lipinski definition) is 1. The molecule has 2 atom stereocenters. The van der Waals surface area contributed by atoms with Crippen LogP contribution in [-0.2, 0) is 4.79 Å². The van der Waals surface area contributed by atoms with E-state index < -0.39 is 5.97 Å². The Labute approximate surface area is 239 Å². The number of halogens is 1. The molecule has 2 aliphatic rings. The first-order valence-corrected chi connectivity index (χ1v) is 14.0. The average Bonchev–Trinajstić information content (AvgIpc) is 3.36. The first-order chi connectivity index (χ1) is 19.9. The van der Waals surface area contributed by atoms with Gasteiger partial charge in [-0.15, -0.1) is 0 Å². The van der Waals surface area contributed by atoms with Gasteiger partial charge in [0, 0.05) is 50.1 Å². The van der Waals surface area contributed by atoms with E-state index in [0.717, 1.165) is 24.3 Å². The number of aliphatic carboxylic acids is 1. The highest BCUT2D eigenvalue weighted by molar-refractivity contribution is 5.69. The summed E-state index contributed by atoms with van der Waals surface area (Å²) < 4.78 is 32.4. The summed E-state index contributed by atoms with van der Waals surface area (Å²) in [5, 5.41) is 18.5. The number of carbonyl (C=O) groups is 1. The molecule has 0 saturated carbocycles. The SMILES string of the molecule is CCOc1ccc(F)c(N2CCC(Oc3ccc(N4C[C@H](Oc5ccc(C#N)cc5)CC4CC(=O)O)cc3)CC2)c1. The van der Waals surface area contributed by atoms with E-state index in [2.05, 4.69) is 11.0 Å².